The molecule has 0 bridgehead atoms. The van der Waals surface area contributed by atoms with E-state index in [1.807, 2.05) is 32.2 Å². The highest BCUT2D eigenvalue weighted by Crippen LogP contribution is 2.26. The SMILES string of the molecule is CC(C)(O)Cn1cc(Br)c2ccccc21. The van der Waals surface area contributed by atoms with Crippen LogP contribution in [0.5, 0.6) is 0 Å². The predicted octanol–water partition coefficient (Wildman–Crippen LogP) is 3.17. The molecule has 0 aliphatic rings. The Labute approximate surface area is 97.7 Å². The number of halogens is 1. The van der Waals surface area contributed by atoms with Crippen molar-refractivity contribution in [3.05, 3.63) is 34.9 Å². The van der Waals surface area contributed by atoms with Gasteiger partial charge in [-0.1, -0.05) is 18.2 Å². The summed E-state index contributed by atoms with van der Waals surface area (Å²) in [7, 11) is 0. The largest absolute Gasteiger partial charge is 0.389 e. The van der Waals surface area contributed by atoms with E-state index in [0.29, 0.717) is 6.54 Å². The average molecular weight is 268 g/mol. The Hall–Kier alpha value is -0.800. The van der Waals surface area contributed by atoms with Crippen LogP contribution in [0.4, 0.5) is 0 Å². The van der Waals surface area contributed by atoms with Crippen molar-refractivity contribution in [1.82, 2.24) is 4.57 Å². The van der Waals surface area contributed by atoms with Crippen LogP contribution in [0.15, 0.2) is 34.9 Å². The zero-order valence-corrected chi connectivity index (χ0v) is 10.5. The van der Waals surface area contributed by atoms with Gasteiger partial charge >= 0.3 is 0 Å². The summed E-state index contributed by atoms with van der Waals surface area (Å²) in [5.41, 5.74) is 0.452. The van der Waals surface area contributed by atoms with Gasteiger partial charge in [0.15, 0.2) is 0 Å². The normalized spacial score (nSPS) is 12.3. The van der Waals surface area contributed by atoms with Crippen LogP contribution in [-0.2, 0) is 6.54 Å². The third-order valence-electron chi connectivity index (χ3n) is 2.30. The lowest BCUT2D eigenvalue weighted by atomic mass is 10.1. The van der Waals surface area contributed by atoms with E-state index in [1.54, 1.807) is 0 Å². The van der Waals surface area contributed by atoms with E-state index >= 15 is 0 Å². The van der Waals surface area contributed by atoms with Gasteiger partial charge in [-0.3, -0.25) is 0 Å². The Balaban J connectivity index is 2.53. The summed E-state index contributed by atoms with van der Waals surface area (Å²) >= 11 is 3.52. The minimum atomic E-state index is -0.693. The van der Waals surface area contributed by atoms with Crippen LogP contribution in [0.25, 0.3) is 10.9 Å². The first-order valence-electron chi connectivity index (χ1n) is 4.93. The molecule has 0 spiro atoms. The lowest BCUT2D eigenvalue weighted by Crippen LogP contribution is -2.25. The van der Waals surface area contributed by atoms with Crippen molar-refractivity contribution in [2.75, 3.05) is 0 Å². The zero-order valence-electron chi connectivity index (χ0n) is 8.87. The van der Waals surface area contributed by atoms with Gasteiger partial charge in [0.05, 0.1) is 12.1 Å². The number of hydrogen-bond acceptors (Lipinski definition) is 1. The number of para-hydroxylation sites is 1. The van der Waals surface area contributed by atoms with Gasteiger partial charge in [0.1, 0.15) is 0 Å². The summed E-state index contributed by atoms with van der Waals surface area (Å²) in [5.74, 6) is 0. The van der Waals surface area contributed by atoms with Gasteiger partial charge in [0, 0.05) is 21.6 Å². The van der Waals surface area contributed by atoms with Gasteiger partial charge in [-0.25, -0.2) is 0 Å². The molecule has 0 aliphatic carbocycles. The van der Waals surface area contributed by atoms with Crippen molar-refractivity contribution in [3.63, 3.8) is 0 Å². The maximum Gasteiger partial charge on any atom is 0.0769 e. The molecule has 15 heavy (non-hydrogen) atoms. The number of nitrogens with zero attached hydrogens (tertiary/aromatic N) is 1. The molecule has 0 saturated carbocycles. The van der Waals surface area contributed by atoms with Crippen LogP contribution in [0.3, 0.4) is 0 Å². The Morgan fingerprint density at radius 2 is 2.00 bits per heavy atom. The zero-order chi connectivity index (χ0) is 11.1. The van der Waals surface area contributed by atoms with Crippen LogP contribution in [0, 0.1) is 0 Å². The predicted molar refractivity (Wildman–Crippen MR) is 65.9 cm³/mol. The van der Waals surface area contributed by atoms with Gasteiger partial charge in [0.25, 0.3) is 0 Å². The van der Waals surface area contributed by atoms with Crippen molar-refractivity contribution in [2.24, 2.45) is 0 Å². The van der Waals surface area contributed by atoms with Crippen molar-refractivity contribution in [3.8, 4) is 0 Å². The summed E-state index contributed by atoms with van der Waals surface area (Å²) in [6.45, 7) is 4.23. The summed E-state index contributed by atoms with van der Waals surface area (Å²) in [5, 5.41) is 11.0. The molecule has 0 fully saturated rings. The van der Waals surface area contributed by atoms with Crippen LogP contribution >= 0.6 is 15.9 Å². The molecule has 1 N–H and O–H groups in total. The maximum atomic E-state index is 9.80. The molecule has 0 aliphatic heterocycles. The number of hydrogen-bond donors (Lipinski definition) is 1. The number of rotatable bonds is 2. The first-order chi connectivity index (χ1) is 6.97. The number of aliphatic hydroxyl groups is 1. The van der Waals surface area contributed by atoms with E-state index < -0.39 is 5.60 Å². The molecular formula is C12H14BrNO. The highest BCUT2D eigenvalue weighted by Gasteiger charge is 2.15. The number of fused-ring (bicyclic) bond motifs is 1. The van der Waals surface area contributed by atoms with Crippen LogP contribution in [-0.4, -0.2) is 15.3 Å². The van der Waals surface area contributed by atoms with Gasteiger partial charge in [-0.15, -0.1) is 0 Å². The van der Waals surface area contributed by atoms with Gasteiger partial charge in [0.2, 0.25) is 0 Å². The summed E-state index contributed by atoms with van der Waals surface area (Å²) < 4.78 is 3.14. The molecular weight excluding hydrogens is 254 g/mol. The second-order valence-electron chi connectivity index (χ2n) is 4.43. The Morgan fingerprint density at radius 3 is 2.67 bits per heavy atom. The average Bonchev–Trinajstić information content (AvgIpc) is 2.42. The minimum Gasteiger partial charge on any atom is -0.389 e. The van der Waals surface area contributed by atoms with Crippen molar-refractivity contribution >= 4 is 26.8 Å². The first kappa shape index (κ1) is 10.7. The molecule has 0 amide bonds. The number of aromatic nitrogens is 1. The van der Waals surface area contributed by atoms with E-state index in [0.717, 1.165) is 9.99 Å². The summed E-state index contributed by atoms with van der Waals surface area (Å²) in [6.07, 6.45) is 2.02. The molecule has 1 heterocycles. The molecule has 0 atom stereocenters. The Morgan fingerprint density at radius 1 is 1.33 bits per heavy atom. The fraction of sp³-hybridized carbons (Fsp3) is 0.333. The number of benzene rings is 1. The molecule has 3 heteroatoms. The molecule has 2 aromatic rings. The standard InChI is InChI=1S/C12H14BrNO/c1-12(2,15)8-14-7-10(13)9-5-3-4-6-11(9)14/h3-7,15H,8H2,1-2H3. The minimum absolute atomic E-state index is 0.596. The van der Waals surface area contributed by atoms with Crippen LogP contribution in [0.2, 0.25) is 0 Å². The van der Waals surface area contributed by atoms with Crippen molar-refractivity contribution in [2.45, 2.75) is 26.0 Å². The lowest BCUT2D eigenvalue weighted by molar-refractivity contribution is 0.0628. The third kappa shape index (κ3) is 2.24. The molecule has 2 nitrogen and oxygen atoms in total. The van der Waals surface area contributed by atoms with Gasteiger partial charge < -0.3 is 9.67 Å². The van der Waals surface area contributed by atoms with Crippen molar-refractivity contribution < 1.29 is 5.11 Å². The molecule has 0 radical (unpaired) electrons. The highest BCUT2D eigenvalue weighted by atomic mass is 79.9. The van der Waals surface area contributed by atoms with Crippen LogP contribution in [0.1, 0.15) is 13.8 Å². The fourth-order valence-corrected chi connectivity index (χ4v) is 2.33. The van der Waals surface area contributed by atoms with Crippen molar-refractivity contribution in [1.29, 1.82) is 0 Å². The molecule has 2 rings (SSSR count). The third-order valence-corrected chi connectivity index (χ3v) is 2.93. The molecule has 1 aromatic carbocycles. The summed E-state index contributed by atoms with van der Waals surface area (Å²) in [6, 6.07) is 8.16. The second kappa shape index (κ2) is 3.65. The summed E-state index contributed by atoms with van der Waals surface area (Å²) in [4.78, 5) is 0. The highest BCUT2D eigenvalue weighted by molar-refractivity contribution is 9.10. The monoisotopic (exact) mass is 267 g/mol. The Kier molecular flexibility index (Phi) is 2.61. The van der Waals surface area contributed by atoms with Gasteiger partial charge in [-0.2, -0.15) is 0 Å². The topological polar surface area (TPSA) is 25.2 Å². The van der Waals surface area contributed by atoms with E-state index in [1.165, 1.54) is 5.39 Å². The smallest absolute Gasteiger partial charge is 0.0769 e. The molecule has 0 saturated heterocycles. The first-order valence-corrected chi connectivity index (χ1v) is 5.72. The van der Waals surface area contributed by atoms with Gasteiger partial charge in [-0.05, 0) is 35.8 Å². The fourth-order valence-electron chi connectivity index (χ4n) is 1.75. The second-order valence-corrected chi connectivity index (χ2v) is 5.29. The van der Waals surface area contributed by atoms with E-state index in [4.69, 9.17) is 0 Å². The Bertz CT molecular complexity index is 482. The lowest BCUT2D eigenvalue weighted by Gasteiger charge is -2.18. The maximum absolute atomic E-state index is 9.80. The van der Waals surface area contributed by atoms with E-state index in [-0.39, 0.29) is 0 Å². The quantitative estimate of drug-likeness (QED) is 0.889. The van der Waals surface area contributed by atoms with E-state index in [9.17, 15) is 5.11 Å². The molecule has 1 aromatic heterocycles. The van der Waals surface area contributed by atoms with E-state index in [2.05, 4.69) is 32.6 Å². The molecule has 0 unspecified atom stereocenters. The molecule has 80 valence electrons. The van der Waals surface area contributed by atoms with Crippen LogP contribution < -0.4 is 0 Å².